The Bertz CT molecular complexity index is 1020. The molecule has 1 aliphatic heterocycles. The van der Waals surface area contributed by atoms with Crippen LogP contribution in [0.3, 0.4) is 0 Å². The van der Waals surface area contributed by atoms with Gasteiger partial charge in [-0.15, -0.1) is 0 Å². The maximum Gasteiger partial charge on any atom is 0.271 e. The number of H-pyrrole nitrogens is 1. The molecular weight excluding hydrogens is 366 g/mol. The molecule has 2 aliphatic rings. The molecule has 148 valence electrons. The minimum Gasteiger partial charge on any atom is -0.396 e. The van der Waals surface area contributed by atoms with E-state index in [1.165, 1.54) is 0 Å². The molecule has 1 saturated carbocycles. The Morgan fingerprint density at radius 2 is 1.83 bits per heavy atom. The highest BCUT2D eigenvalue weighted by Crippen LogP contribution is 2.68. The zero-order chi connectivity index (χ0) is 20.0. The number of hydrogen-bond donors (Lipinski definition) is 3. The molecule has 2 heterocycles. The van der Waals surface area contributed by atoms with Gasteiger partial charge >= 0.3 is 0 Å². The lowest BCUT2D eigenvalue weighted by Crippen LogP contribution is -2.30. The van der Waals surface area contributed by atoms with Crippen molar-refractivity contribution < 1.29 is 15.0 Å². The number of amides is 1. The topological polar surface area (TPSA) is 89.5 Å². The first-order chi connectivity index (χ1) is 14.1. The molecule has 0 bridgehead atoms. The van der Waals surface area contributed by atoms with E-state index < -0.39 is 11.5 Å². The minimum atomic E-state index is -0.662. The molecule has 4 atom stereocenters. The number of β-amino-alcohol motifs (C(OH)–C–C–N with tert-alkyl or cyclic N) is 1. The normalized spacial score (nSPS) is 28.1. The third-order valence-electron chi connectivity index (χ3n) is 6.56. The fourth-order valence-corrected chi connectivity index (χ4v) is 5.08. The lowest BCUT2D eigenvalue weighted by Gasteiger charge is -2.16. The van der Waals surface area contributed by atoms with Crippen molar-refractivity contribution in [3.05, 3.63) is 78.0 Å². The average molecular weight is 389 g/mol. The Hall–Kier alpha value is -2.96. The number of benzene rings is 2. The van der Waals surface area contributed by atoms with Crippen molar-refractivity contribution in [1.29, 1.82) is 0 Å². The molecule has 2 aromatic carbocycles. The number of hydrogen-bond acceptors (Lipinski definition) is 4. The second kappa shape index (κ2) is 6.83. The van der Waals surface area contributed by atoms with E-state index in [2.05, 4.69) is 10.2 Å². The van der Waals surface area contributed by atoms with Crippen LogP contribution in [0.5, 0.6) is 0 Å². The summed E-state index contributed by atoms with van der Waals surface area (Å²) in [6.07, 6.45) is -0.662. The van der Waals surface area contributed by atoms with Gasteiger partial charge in [-0.1, -0.05) is 60.7 Å². The van der Waals surface area contributed by atoms with Crippen molar-refractivity contribution in [2.75, 3.05) is 19.7 Å². The smallest absolute Gasteiger partial charge is 0.271 e. The molecule has 1 amide bonds. The fourth-order valence-electron chi connectivity index (χ4n) is 5.08. The van der Waals surface area contributed by atoms with Crippen molar-refractivity contribution in [3.63, 3.8) is 0 Å². The predicted octanol–water partition coefficient (Wildman–Crippen LogP) is 2.29. The van der Waals surface area contributed by atoms with Crippen LogP contribution in [0.2, 0.25) is 0 Å². The lowest BCUT2D eigenvalue weighted by atomic mass is 9.95. The van der Waals surface area contributed by atoms with Crippen LogP contribution in [-0.2, 0) is 0 Å². The SMILES string of the molecule is O=C(c1cc(-c2ccccc2)n[nH]1)N1C[C@H](O)[C@@]2(C1)[C@H](CO)[C@H]2c1ccccc1. The molecule has 1 aliphatic carbocycles. The van der Waals surface area contributed by atoms with Crippen molar-refractivity contribution in [2.24, 2.45) is 11.3 Å². The molecule has 1 saturated heterocycles. The molecule has 0 unspecified atom stereocenters. The van der Waals surface area contributed by atoms with Gasteiger partial charge in [-0.25, -0.2) is 0 Å². The second-order valence-corrected chi connectivity index (χ2v) is 8.02. The minimum absolute atomic E-state index is 0.000857. The van der Waals surface area contributed by atoms with Gasteiger partial charge in [0.25, 0.3) is 5.91 Å². The van der Waals surface area contributed by atoms with Gasteiger partial charge in [-0.3, -0.25) is 9.89 Å². The van der Waals surface area contributed by atoms with Crippen LogP contribution in [-0.4, -0.2) is 57.0 Å². The molecule has 1 aromatic heterocycles. The maximum absolute atomic E-state index is 13.1. The Labute approximate surface area is 168 Å². The number of nitrogens with zero attached hydrogens (tertiary/aromatic N) is 2. The van der Waals surface area contributed by atoms with E-state index in [1.54, 1.807) is 11.0 Å². The van der Waals surface area contributed by atoms with Crippen LogP contribution >= 0.6 is 0 Å². The number of carbonyl (C=O) groups is 1. The number of nitrogens with one attached hydrogen (secondary N) is 1. The fraction of sp³-hybridized carbons (Fsp3) is 0.304. The number of likely N-dealkylation sites (tertiary alicyclic amines) is 1. The number of aromatic nitrogens is 2. The lowest BCUT2D eigenvalue weighted by molar-refractivity contribution is 0.0758. The van der Waals surface area contributed by atoms with Crippen LogP contribution in [0.4, 0.5) is 0 Å². The van der Waals surface area contributed by atoms with Crippen LogP contribution in [0.25, 0.3) is 11.3 Å². The molecule has 1 spiro atoms. The zero-order valence-electron chi connectivity index (χ0n) is 15.9. The molecule has 5 rings (SSSR count). The summed E-state index contributed by atoms with van der Waals surface area (Å²) in [4.78, 5) is 14.8. The van der Waals surface area contributed by atoms with Gasteiger partial charge in [0.15, 0.2) is 0 Å². The Kier molecular flexibility index (Phi) is 4.26. The van der Waals surface area contributed by atoms with Crippen molar-refractivity contribution in [1.82, 2.24) is 15.1 Å². The number of carbonyl (C=O) groups excluding carboxylic acids is 1. The number of aromatic amines is 1. The molecule has 6 nitrogen and oxygen atoms in total. The summed E-state index contributed by atoms with van der Waals surface area (Å²) < 4.78 is 0. The van der Waals surface area contributed by atoms with Crippen molar-refractivity contribution in [2.45, 2.75) is 12.0 Å². The first-order valence-corrected chi connectivity index (χ1v) is 9.89. The molecule has 6 heteroatoms. The third kappa shape index (κ3) is 2.79. The summed E-state index contributed by atoms with van der Waals surface area (Å²) in [6, 6.07) is 21.4. The van der Waals surface area contributed by atoms with Gasteiger partial charge in [-0.2, -0.15) is 5.10 Å². The number of aliphatic hydroxyl groups excluding tert-OH is 2. The van der Waals surface area contributed by atoms with E-state index in [1.807, 2.05) is 60.7 Å². The highest BCUT2D eigenvalue weighted by molar-refractivity contribution is 5.93. The van der Waals surface area contributed by atoms with E-state index in [-0.39, 0.29) is 30.9 Å². The Morgan fingerprint density at radius 3 is 2.52 bits per heavy atom. The highest BCUT2D eigenvalue weighted by Gasteiger charge is 2.71. The molecule has 2 fully saturated rings. The molecule has 3 N–H and O–H groups in total. The van der Waals surface area contributed by atoms with E-state index in [9.17, 15) is 15.0 Å². The van der Waals surface area contributed by atoms with Crippen LogP contribution in [0, 0.1) is 11.3 Å². The molecule has 3 aromatic rings. The number of rotatable bonds is 4. The van der Waals surface area contributed by atoms with Gasteiger partial charge in [-0.05, 0) is 23.5 Å². The van der Waals surface area contributed by atoms with Gasteiger partial charge in [0.1, 0.15) is 5.69 Å². The Morgan fingerprint density at radius 1 is 1.14 bits per heavy atom. The largest absolute Gasteiger partial charge is 0.396 e. The van der Waals surface area contributed by atoms with Gasteiger partial charge in [0, 0.05) is 30.7 Å². The van der Waals surface area contributed by atoms with Crippen molar-refractivity contribution in [3.8, 4) is 11.3 Å². The second-order valence-electron chi connectivity index (χ2n) is 8.02. The van der Waals surface area contributed by atoms with E-state index in [0.29, 0.717) is 17.9 Å². The number of aliphatic hydroxyl groups is 2. The van der Waals surface area contributed by atoms with E-state index in [4.69, 9.17) is 0 Å². The van der Waals surface area contributed by atoms with E-state index in [0.717, 1.165) is 11.1 Å². The molecule has 29 heavy (non-hydrogen) atoms. The van der Waals surface area contributed by atoms with Crippen LogP contribution < -0.4 is 0 Å². The van der Waals surface area contributed by atoms with Crippen molar-refractivity contribution >= 4 is 5.91 Å². The first kappa shape index (κ1) is 18.1. The summed E-state index contributed by atoms with van der Waals surface area (Å²) in [7, 11) is 0. The molecular formula is C23H23N3O3. The summed E-state index contributed by atoms with van der Waals surface area (Å²) in [6.45, 7) is 0.691. The third-order valence-corrected chi connectivity index (χ3v) is 6.56. The van der Waals surface area contributed by atoms with E-state index >= 15 is 0 Å². The quantitative estimate of drug-likeness (QED) is 0.639. The van der Waals surface area contributed by atoms with Crippen LogP contribution in [0.1, 0.15) is 22.0 Å². The summed E-state index contributed by atoms with van der Waals surface area (Å²) in [5.41, 5.74) is 2.68. The summed E-state index contributed by atoms with van der Waals surface area (Å²) >= 11 is 0. The van der Waals surface area contributed by atoms with Gasteiger partial charge in [0.05, 0.1) is 11.8 Å². The predicted molar refractivity (Wildman–Crippen MR) is 108 cm³/mol. The summed E-state index contributed by atoms with van der Waals surface area (Å²) in [5.74, 6) is -0.159. The van der Waals surface area contributed by atoms with Crippen LogP contribution in [0.15, 0.2) is 66.7 Å². The standard InChI is InChI=1S/C23H23N3O3/c27-13-17-21(16-9-5-2-6-10-16)23(17)14-26(12-20(23)28)22(29)19-11-18(24-25-19)15-7-3-1-4-8-15/h1-11,17,20-21,27-28H,12-14H2,(H,24,25)/t17-,20+,21-,23-/m1/s1. The summed E-state index contributed by atoms with van der Waals surface area (Å²) in [5, 5.41) is 27.9. The highest BCUT2D eigenvalue weighted by atomic mass is 16.3. The average Bonchev–Trinajstić information content (AvgIpc) is 3.04. The zero-order valence-corrected chi connectivity index (χ0v) is 15.9. The van der Waals surface area contributed by atoms with Gasteiger partial charge < -0.3 is 15.1 Å². The molecule has 0 radical (unpaired) electrons. The monoisotopic (exact) mass is 389 g/mol. The maximum atomic E-state index is 13.1. The van der Waals surface area contributed by atoms with Gasteiger partial charge in [0.2, 0.25) is 0 Å². The first-order valence-electron chi connectivity index (χ1n) is 9.89. The Balaban J connectivity index is 1.38.